The van der Waals surface area contributed by atoms with E-state index in [9.17, 15) is 0 Å². The number of hydrogen-bond acceptors (Lipinski definition) is 2. The Balaban J connectivity index is 1.29. The van der Waals surface area contributed by atoms with Crippen molar-refractivity contribution in [2.24, 2.45) is 0 Å². The molecule has 2 heterocycles. The average Bonchev–Trinajstić information content (AvgIpc) is 3.54. The van der Waals surface area contributed by atoms with Crippen LogP contribution in [0.1, 0.15) is 0 Å². The minimum atomic E-state index is 1.16. The summed E-state index contributed by atoms with van der Waals surface area (Å²) in [6, 6.07) is 68.8. The molecular weight excluding hydrogens is 655 g/mol. The van der Waals surface area contributed by atoms with E-state index in [0.717, 1.165) is 5.69 Å². The predicted octanol–water partition coefficient (Wildman–Crippen LogP) is 14.1. The van der Waals surface area contributed by atoms with Crippen molar-refractivity contribution in [3.05, 3.63) is 188 Å². The molecule has 0 aliphatic carbocycles. The maximum Gasteiger partial charge on any atom is 0.0547 e. The average molecular weight is 686 g/mol. The van der Waals surface area contributed by atoms with Crippen LogP contribution >= 0.6 is 23.5 Å². The number of benzene rings is 8. The first-order chi connectivity index (χ1) is 25.3. The van der Waals surface area contributed by atoms with Crippen LogP contribution in [0.5, 0.6) is 0 Å². The van der Waals surface area contributed by atoms with Crippen LogP contribution in [0.3, 0.4) is 0 Å². The maximum absolute atomic E-state index is 2.41. The summed E-state index contributed by atoms with van der Waals surface area (Å²) in [5.74, 6) is 0. The zero-order valence-electron chi connectivity index (χ0n) is 27.7. The molecule has 0 saturated carbocycles. The molecule has 9 aromatic rings. The van der Waals surface area contributed by atoms with Gasteiger partial charge in [-0.05, 0) is 87.5 Å². The highest BCUT2D eigenvalue weighted by Gasteiger charge is 2.24. The Labute approximate surface area is 306 Å². The van der Waals surface area contributed by atoms with Crippen LogP contribution in [0.25, 0.3) is 72.0 Å². The van der Waals surface area contributed by atoms with Crippen LogP contribution < -0.4 is 0 Å². The second-order valence-corrected chi connectivity index (χ2v) is 15.0. The largest absolute Gasteiger partial charge is 0.309 e. The zero-order valence-corrected chi connectivity index (χ0v) is 29.3. The third-order valence-electron chi connectivity index (χ3n) is 9.89. The van der Waals surface area contributed by atoms with Gasteiger partial charge in [-0.2, -0.15) is 0 Å². The second-order valence-electron chi connectivity index (χ2n) is 12.8. The highest BCUT2D eigenvalue weighted by Crippen LogP contribution is 2.52. The molecule has 3 heteroatoms. The van der Waals surface area contributed by atoms with Gasteiger partial charge in [-0.15, -0.1) is 0 Å². The SMILES string of the molecule is c1ccc(-c2ccc3c(c2)Sc2ccccc2-c2ccccc2Sc2cccc(-c4cccc5c4c4ccccc4n5-c4ccccc4)c2-3)cc1. The van der Waals surface area contributed by atoms with Gasteiger partial charge in [0, 0.05) is 41.6 Å². The zero-order chi connectivity index (χ0) is 33.7. The van der Waals surface area contributed by atoms with Gasteiger partial charge in [-0.3, -0.25) is 0 Å². The monoisotopic (exact) mass is 685 g/mol. The van der Waals surface area contributed by atoms with Crippen molar-refractivity contribution in [3.8, 4) is 50.2 Å². The van der Waals surface area contributed by atoms with E-state index in [1.165, 1.54) is 85.9 Å². The van der Waals surface area contributed by atoms with Crippen molar-refractivity contribution in [1.29, 1.82) is 0 Å². The fourth-order valence-corrected chi connectivity index (χ4v) is 9.91. The van der Waals surface area contributed by atoms with E-state index < -0.39 is 0 Å². The Hall–Kier alpha value is -5.74. The molecule has 1 aliphatic rings. The van der Waals surface area contributed by atoms with Crippen molar-refractivity contribution in [3.63, 3.8) is 0 Å². The molecule has 0 saturated heterocycles. The predicted molar refractivity (Wildman–Crippen MR) is 217 cm³/mol. The van der Waals surface area contributed by atoms with Gasteiger partial charge in [0.25, 0.3) is 0 Å². The van der Waals surface area contributed by atoms with Crippen LogP contribution in [-0.4, -0.2) is 4.57 Å². The first-order valence-corrected chi connectivity index (χ1v) is 18.9. The quantitative estimate of drug-likeness (QED) is 0.182. The van der Waals surface area contributed by atoms with Crippen molar-refractivity contribution in [2.45, 2.75) is 19.6 Å². The van der Waals surface area contributed by atoms with E-state index >= 15 is 0 Å². The summed E-state index contributed by atoms with van der Waals surface area (Å²) < 4.78 is 2.41. The number of para-hydroxylation sites is 2. The minimum Gasteiger partial charge on any atom is -0.309 e. The molecule has 0 unspecified atom stereocenters. The highest BCUT2D eigenvalue weighted by molar-refractivity contribution is 8.00. The van der Waals surface area contributed by atoms with E-state index in [0.29, 0.717) is 0 Å². The van der Waals surface area contributed by atoms with Gasteiger partial charge in [0.15, 0.2) is 0 Å². The lowest BCUT2D eigenvalue weighted by Gasteiger charge is -2.23. The molecule has 10 rings (SSSR count). The molecule has 240 valence electrons. The Bertz CT molecular complexity index is 2740. The van der Waals surface area contributed by atoms with Crippen molar-refractivity contribution >= 4 is 45.3 Å². The molecule has 0 bridgehead atoms. The molecule has 0 fully saturated rings. The first kappa shape index (κ1) is 30.1. The minimum absolute atomic E-state index is 1.16. The topological polar surface area (TPSA) is 4.93 Å². The summed E-state index contributed by atoms with van der Waals surface area (Å²) in [5.41, 5.74) is 13.5. The van der Waals surface area contributed by atoms with Gasteiger partial charge >= 0.3 is 0 Å². The van der Waals surface area contributed by atoms with Gasteiger partial charge in [0.1, 0.15) is 0 Å². The summed E-state index contributed by atoms with van der Waals surface area (Å²) in [4.78, 5) is 5.01. The van der Waals surface area contributed by atoms with E-state index in [4.69, 9.17) is 0 Å². The Morgan fingerprint density at radius 3 is 1.69 bits per heavy atom. The second kappa shape index (κ2) is 12.5. The molecule has 8 aromatic carbocycles. The Morgan fingerprint density at radius 2 is 0.902 bits per heavy atom. The number of nitrogens with zero attached hydrogens (tertiary/aromatic N) is 1. The lowest BCUT2D eigenvalue weighted by atomic mass is 9.91. The van der Waals surface area contributed by atoms with Crippen molar-refractivity contribution in [1.82, 2.24) is 4.57 Å². The first-order valence-electron chi connectivity index (χ1n) is 17.3. The molecular formula is C48H31NS2. The normalized spacial score (nSPS) is 12.2. The number of fused-ring (bicyclic) bond motifs is 9. The van der Waals surface area contributed by atoms with E-state index in [2.05, 4.69) is 193 Å². The van der Waals surface area contributed by atoms with Crippen LogP contribution in [0, 0.1) is 0 Å². The molecule has 0 atom stereocenters. The summed E-state index contributed by atoms with van der Waals surface area (Å²) in [7, 11) is 0. The fourth-order valence-electron chi connectivity index (χ4n) is 7.63. The molecule has 0 spiro atoms. The summed E-state index contributed by atoms with van der Waals surface area (Å²) in [5, 5.41) is 2.53. The van der Waals surface area contributed by atoms with Gasteiger partial charge in [-0.25, -0.2) is 0 Å². The highest BCUT2D eigenvalue weighted by atomic mass is 32.2. The van der Waals surface area contributed by atoms with Gasteiger partial charge in [0.05, 0.1) is 11.0 Å². The molecule has 0 radical (unpaired) electrons. The third kappa shape index (κ3) is 5.12. The smallest absolute Gasteiger partial charge is 0.0547 e. The van der Waals surface area contributed by atoms with E-state index in [1.807, 2.05) is 23.5 Å². The Morgan fingerprint density at radius 1 is 0.333 bits per heavy atom. The lowest BCUT2D eigenvalue weighted by Crippen LogP contribution is -1.96. The number of aromatic nitrogens is 1. The van der Waals surface area contributed by atoms with Crippen LogP contribution in [0.2, 0.25) is 0 Å². The number of rotatable bonds is 3. The van der Waals surface area contributed by atoms with E-state index in [-0.39, 0.29) is 0 Å². The maximum atomic E-state index is 2.41. The lowest BCUT2D eigenvalue weighted by molar-refractivity contribution is 1.18. The van der Waals surface area contributed by atoms with Gasteiger partial charge in [0.2, 0.25) is 0 Å². The van der Waals surface area contributed by atoms with Crippen molar-refractivity contribution in [2.75, 3.05) is 0 Å². The molecule has 1 aliphatic heterocycles. The molecule has 1 nitrogen and oxygen atoms in total. The van der Waals surface area contributed by atoms with Crippen LogP contribution in [0.15, 0.2) is 208 Å². The van der Waals surface area contributed by atoms with Crippen LogP contribution in [-0.2, 0) is 0 Å². The van der Waals surface area contributed by atoms with E-state index in [1.54, 1.807) is 0 Å². The third-order valence-corrected chi connectivity index (χ3v) is 12.2. The molecule has 51 heavy (non-hydrogen) atoms. The summed E-state index contributed by atoms with van der Waals surface area (Å²) in [6.07, 6.45) is 0. The number of hydrogen-bond donors (Lipinski definition) is 0. The summed E-state index contributed by atoms with van der Waals surface area (Å²) in [6.45, 7) is 0. The Kier molecular flexibility index (Phi) is 7.41. The van der Waals surface area contributed by atoms with Gasteiger partial charge < -0.3 is 4.57 Å². The fraction of sp³-hybridized carbons (Fsp3) is 0. The molecule has 1 aromatic heterocycles. The van der Waals surface area contributed by atoms with Gasteiger partial charge in [-0.1, -0.05) is 163 Å². The van der Waals surface area contributed by atoms with Crippen LogP contribution in [0.4, 0.5) is 0 Å². The van der Waals surface area contributed by atoms with Crippen molar-refractivity contribution < 1.29 is 0 Å². The standard InChI is InChI=1S/C48H31NS2/c1-3-15-32(16-4-1)33-29-30-40-46(31-33)51-44-27-12-9-20-36(44)35-19-8-11-26-43(35)50-45-28-14-23-38(48(40)45)37-22-13-25-42-47(37)39-21-7-10-24-41(39)49(42)34-17-5-2-6-18-34/h1-31H. The summed E-state index contributed by atoms with van der Waals surface area (Å²) >= 11 is 3.75. The molecule has 0 amide bonds. The molecule has 0 N–H and O–H groups in total.